The molecule has 22 heavy (non-hydrogen) atoms. The smallest absolute Gasteiger partial charge is 0.313 e. The SMILES string of the molecule is CN(C)C(CO)(CO)CO.O=C(O)CSc1ccc(Cl)cc1. The first kappa shape index (κ1) is 21.2. The number of aliphatic hydroxyl groups is 3. The van der Waals surface area contributed by atoms with Crippen molar-refractivity contribution in [3.8, 4) is 0 Å². The van der Waals surface area contributed by atoms with Crippen LogP contribution in [0.3, 0.4) is 0 Å². The van der Waals surface area contributed by atoms with E-state index in [1.54, 1.807) is 43.3 Å². The molecule has 0 amide bonds. The summed E-state index contributed by atoms with van der Waals surface area (Å²) < 4.78 is 0. The van der Waals surface area contributed by atoms with Crippen LogP contribution in [0.5, 0.6) is 0 Å². The Bertz CT molecular complexity index is 429. The Morgan fingerprint density at radius 3 is 1.86 bits per heavy atom. The van der Waals surface area contributed by atoms with Crippen LogP contribution in [-0.2, 0) is 4.79 Å². The van der Waals surface area contributed by atoms with Gasteiger partial charge in [-0.25, -0.2) is 0 Å². The van der Waals surface area contributed by atoms with E-state index in [1.807, 2.05) is 0 Å². The van der Waals surface area contributed by atoms with E-state index in [0.717, 1.165) is 4.90 Å². The molecule has 0 radical (unpaired) electrons. The summed E-state index contributed by atoms with van der Waals surface area (Å²) in [5.41, 5.74) is -0.875. The van der Waals surface area contributed by atoms with Gasteiger partial charge < -0.3 is 20.4 Å². The van der Waals surface area contributed by atoms with Crippen LogP contribution in [0.25, 0.3) is 0 Å². The van der Waals surface area contributed by atoms with Gasteiger partial charge in [-0.3, -0.25) is 9.69 Å². The average molecular weight is 352 g/mol. The number of rotatable bonds is 7. The lowest BCUT2D eigenvalue weighted by Gasteiger charge is -2.34. The number of hydrogen-bond donors (Lipinski definition) is 4. The molecule has 1 aromatic carbocycles. The lowest BCUT2D eigenvalue weighted by Crippen LogP contribution is -2.53. The van der Waals surface area contributed by atoms with Crippen molar-refractivity contribution in [1.29, 1.82) is 0 Å². The zero-order valence-corrected chi connectivity index (χ0v) is 14.1. The second kappa shape index (κ2) is 10.8. The number of nitrogens with zero attached hydrogens (tertiary/aromatic N) is 1. The van der Waals surface area contributed by atoms with Gasteiger partial charge >= 0.3 is 5.97 Å². The highest BCUT2D eigenvalue weighted by molar-refractivity contribution is 8.00. The van der Waals surface area contributed by atoms with E-state index >= 15 is 0 Å². The van der Waals surface area contributed by atoms with Crippen molar-refractivity contribution in [2.45, 2.75) is 10.4 Å². The number of aliphatic hydroxyl groups excluding tert-OH is 3. The molecule has 0 unspecified atom stereocenters. The van der Waals surface area contributed by atoms with E-state index in [0.29, 0.717) is 5.02 Å². The maximum absolute atomic E-state index is 10.2. The van der Waals surface area contributed by atoms with Crippen molar-refractivity contribution in [1.82, 2.24) is 4.90 Å². The molecular formula is C14H22ClNO5S. The van der Waals surface area contributed by atoms with Gasteiger partial charge in [-0.2, -0.15) is 0 Å². The average Bonchev–Trinajstić information content (AvgIpc) is 2.49. The number of halogens is 1. The van der Waals surface area contributed by atoms with Gasteiger partial charge in [-0.15, -0.1) is 11.8 Å². The minimum Gasteiger partial charge on any atom is -0.481 e. The van der Waals surface area contributed by atoms with Gasteiger partial charge in [0.25, 0.3) is 0 Å². The number of benzene rings is 1. The molecule has 0 saturated heterocycles. The standard InChI is InChI=1S/C8H7ClO2S.C6H15NO3/c9-6-1-3-7(4-2-6)12-5-8(10)11;1-7(2)6(3-8,4-9)5-10/h1-4H,5H2,(H,10,11);8-10H,3-5H2,1-2H3. The Morgan fingerprint density at radius 1 is 1.14 bits per heavy atom. The van der Waals surface area contributed by atoms with Gasteiger partial charge in [0.15, 0.2) is 0 Å². The van der Waals surface area contributed by atoms with E-state index in [1.165, 1.54) is 11.8 Å². The van der Waals surface area contributed by atoms with E-state index < -0.39 is 11.5 Å². The Labute approximate surface area is 139 Å². The summed E-state index contributed by atoms with van der Waals surface area (Å²) in [6.07, 6.45) is 0. The Hall–Kier alpha value is -0.830. The Balaban J connectivity index is 0.000000409. The number of thioether (sulfide) groups is 1. The van der Waals surface area contributed by atoms with Crippen molar-refractivity contribution in [3.05, 3.63) is 29.3 Å². The van der Waals surface area contributed by atoms with E-state index in [2.05, 4.69) is 0 Å². The van der Waals surface area contributed by atoms with Gasteiger partial charge in [0.1, 0.15) is 0 Å². The van der Waals surface area contributed by atoms with Gasteiger partial charge in [-0.1, -0.05) is 11.6 Å². The number of hydrogen-bond acceptors (Lipinski definition) is 6. The molecule has 0 aliphatic heterocycles. The summed E-state index contributed by atoms with van der Waals surface area (Å²) in [7, 11) is 3.39. The third-order valence-electron chi connectivity index (χ3n) is 3.01. The number of likely N-dealkylation sites (N-methyl/N-ethyl adjacent to an activating group) is 1. The number of carboxylic acid groups (broad SMARTS) is 1. The molecule has 0 aromatic heterocycles. The second-order valence-electron chi connectivity index (χ2n) is 4.73. The summed E-state index contributed by atoms with van der Waals surface area (Å²) in [6.45, 7) is -0.729. The number of aliphatic carboxylic acids is 1. The topological polar surface area (TPSA) is 101 Å². The maximum Gasteiger partial charge on any atom is 0.313 e. The highest BCUT2D eigenvalue weighted by Gasteiger charge is 2.30. The summed E-state index contributed by atoms with van der Waals surface area (Å²) in [5.74, 6) is -0.725. The molecule has 0 atom stereocenters. The molecule has 4 N–H and O–H groups in total. The van der Waals surface area contributed by atoms with Gasteiger partial charge in [0.2, 0.25) is 0 Å². The maximum atomic E-state index is 10.2. The molecule has 0 aliphatic rings. The summed E-state index contributed by atoms with van der Waals surface area (Å²) >= 11 is 6.93. The number of carboxylic acids is 1. The van der Waals surface area contributed by atoms with Crippen LogP contribution in [0.4, 0.5) is 0 Å². The fraction of sp³-hybridized carbons (Fsp3) is 0.500. The molecular weight excluding hydrogens is 330 g/mol. The molecule has 126 valence electrons. The first-order valence-electron chi connectivity index (χ1n) is 6.41. The molecule has 0 spiro atoms. The fourth-order valence-electron chi connectivity index (χ4n) is 1.25. The molecule has 0 aliphatic carbocycles. The fourth-order valence-corrected chi connectivity index (χ4v) is 1.99. The minimum atomic E-state index is -0.875. The largest absolute Gasteiger partial charge is 0.481 e. The van der Waals surface area contributed by atoms with Crippen LogP contribution in [-0.4, -0.2) is 76.5 Å². The van der Waals surface area contributed by atoms with Gasteiger partial charge in [0, 0.05) is 9.92 Å². The normalized spacial score (nSPS) is 11.0. The molecule has 1 aromatic rings. The highest BCUT2D eigenvalue weighted by atomic mass is 35.5. The lowest BCUT2D eigenvalue weighted by molar-refractivity contribution is -0.133. The molecule has 0 heterocycles. The summed E-state index contributed by atoms with van der Waals surface area (Å²) in [6, 6.07) is 7.09. The predicted octanol–water partition coefficient (Wildman–Crippen LogP) is 0.780. The summed E-state index contributed by atoms with van der Waals surface area (Å²) in [4.78, 5) is 12.7. The molecule has 6 nitrogen and oxygen atoms in total. The van der Waals surface area contributed by atoms with E-state index in [-0.39, 0.29) is 25.6 Å². The van der Waals surface area contributed by atoms with E-state index in [4.69, 9.17) is 32.0 Å². The van der Waals surface area contributed by atoms with Gasteiger partial charge in [-0.05, 0) is 38.4 Å². The van der Waals surface area contributed by atoms with Crippen LogP contribution in [0.15, 0.2) is 29.2 Å². The van der Waals surface area contributed by atoms with Crippen LogP contribution >= 0.6 is 23.4 Å². The van der Waals surface area contributed by atoms with Crippen molar-refractivity contribution >= 4 is 29.3 Å². The molecule has 8 heteroatoms. The first-order chi connectivity index (χ1) is 10.3. The monoisotopic (exact) mass is 351 g/mol. The van der Waals surface area contributed by atoms with Crippen molar-refractivity contribution in [2.24, 2.45) is 0 Å². The minimum absolute atomic E-state index is 0.0850. The van der Waals surface area contributed by atoms with Crippen LogP contribution in [0, 0.1) is 0 Å². The summed E-state index contributed by atoms with van der Waals surface area (Å²) in [5, 5.41) is 35.4. The van der Waals surface area contributed by atoms with Crippen LogP contribution in [0.2, 0.25) is 5.02 Å². The van der Waals surface area contributed by atoms with E-state index in [9.17, 15) is 4.79 Å². The van der Waals surface area contributed by atoms with Crippen LogP contribution < -0.4 is 0 Å². The zero-order chi connectivity index (χ0) is 17.2. The predicted molar refractivity (Wildman–Crippen MR) is 87.5 cm³/mol. The lowest BCUT2D eigenvalue weighted by atomic mass is 10.0. The van der Waals surface area contributed by atoms with Crippen molar-refractivity contribution < 1.29 is 25.2 Å². The molecule has 0 saturated carbocycles. The third kappa shape index (κ3) is 7.44. The quantitative estimate of drug-likeness (QED) is 0.538. The Morgan fingerprint density at radius 2 is 1.59 bits per heavy atom. The van der Waals surface area contributed by atoms with Crippen molar-refractivity contribution in [3.63, 3.8) is 0 Å². The number of carbonyl (C=O) groups is 1. The molecule has 0 bridgehead atoms. The Kier molecular flexibility index (Phi) is 10.4. The second-order valence-corrected chi connectivity index (χ2v) is 6.21. The first-order valence-corrected chi connectivity index (χ1v) is 7.78. The third-order valence-corrected chi connectivity index (χ3v) is 4.26. The molecule has 0 fully saturated rings. The molecule has 1 rings (SSSR count). The van der Waals surface area contributed by atoms with Crippen LogP contribution in [0.1, 0.15) is 0 Å². The van der Waals surface area contributed by atoms with Crippen molar-refractivity contribution in [2.75, 3.05) is 39.7 Å². The zero-order valence-electron chi connectivity index (χ0n) is 12.6. The van der Waals surface area contributed by atoms with Gasteiger partial charge in [0.05, 0.1) is 31.1 Å². The highest BCUT2D eigenvalue weighted by Crippen LogP contribution is 2.19.